The number of hydrogen-bond acceptors (Lipinski definition) is 4. The van der Waals surface area contributed by atoms with Gasteiger partial charge in [0.1, 0.15) is 0 Å². The zero-order valence-electron chi connectivity index (χ0n) is 9.19. The molecule has 0 bridgehead atoms. The Hall–Kier alpha value is -1.07. The zero-order chi connectivity index (χ0) is 11.4. The molecule has 1 aromatic rings. The van der Waals surface area contributed by atoms with Crippen LogP contribution in [-0.2, 0) is 11.3 Å². The molecule has 2 rings (SSSR count). The van der Waals surface area contributed by atoms with Crippen molar-refractivity contribution in [1.29, 1.82) is 0 Å². The van der Waals surface area contributed by atoms with Crippen LogP contribution in [0.15, 0.2) is 18.3 Å². The third-order valence-corrected chi connectivity index (χ3v) is 3.52. The topological polar surface area (TPSA) is 54.0 Å². The average Bonchev–Trinajstić information content (AvgIpc) is 2.81. The van der Waals surface area contributed by atoms with Crippen LogP contribution < -0.4 is 10.6 Å². The van der Waals surface area contributed by atoms with E-state index in [1.54, 1.807) is 18.0 Å². The van der Waals surface area contributed by atoms with Gasteiger partial charge in [-0.3, -0.25) is 15.1 Å². The van der Waals surface area contributed by atoms with E-state index in [2.05, 4.69) is 15.6 Å². The molecule has 2 N–H and O–H groups in total. The smallest absolute Gasteiger partial charge is 0.238 e. The summed E-state index contributed by atoms with van der Waals surface area (Å²) in [6.45, 7) is 2.51. The Morgan fingerprint density at radius 1 is 1.75 bits per heavy atom. The minimum Gasteiger partial charge on any atom is -0.349 e. The van der Waals surface area contributed by atoms with Crippen LogP contribution in [0.4, 0.5) is 0 Å². The van der Waals surface area contributed by atoms with Gasteiger partial charge in [-0.05, 0) is 18.6 Å². The number of hydrogen-bond donors (Lipinski definition) is 2. The molecule has 1 saturated heterocycles. The van der Waals surface area contributed by atoms with Gasteiger partial charge in [-0.25, -0.2) is 0 Å². The highest BCUT2D eigenvalue weighted by atomic mass is 32.2. The molecule has 4 nitrogen and oxygen atoms in total. The predicted molar refractivity (Wildman–Crippen MR) is 65.1 cm³/mol. The summed E-state index contributed by atoms with van der Waals surface area (Å²) in [5, 5.41) is 6.04. The van der Waals surface area contributed by atoms with Gasteiger partial charge >= 0.3 is 0 Å². The Labute approximate surface area is 99.2 Å². The van der Waals surface area contributed by atoms with Gasteiger partial charge in [-0.15, -0.1) is 11.8 Å². The summed E-state index contributed by atoms with van der Waals surface area (Å²) in [5.74, 6) is 1.78. The van der Waals surface area contributed by atoms with Gasteiger partial charge in [0.15, 0.2) is 0 Å². The van der Waals surface area contributed by atoms with Gasteiger partial charge in [0.05, 0.1) is 18.3 Å². The SMILES string of the molecule is Cc1cccnc1CNC(=O)C1CSCN1. The number of nitrogens with zero attached hydrogens (tertiary/aromatic N) is 1. The van der Waals surface area contributed by atoms with Gasteiger partial charge < -0.3 is 5.32 Å². The first-order chi connectivity index (χ1) is 7.77. The predicted octanol–water partition coefficient (Wildman–Crippen LogP) is 0.669. The lowest BCUT2D eigenvalue weighted by atomic mass is 10.2. The summed E-state index contributed by atoms with van der Waals surface area (Å²) in [4.78, 5) is 16.0. The number of pyridine rings is 1. The highest BCUT2D eigenvalue weighted by Gasteiger charge is 2.21. The van der Waals surface area contributed by atoms with E-state index in [0.29, 0.717) is 6.54 Å². The second-order valence-corrected chi connectivity index (χ2v) is 4.79. The van der Waals surface area contributed by atoms with E-state index in [4.69, 9.17) is 0 Å². The van der Waals surface area contributed by atoms with Crippen LogP contribution >= 0.6 is 11.8 Å². The molecule has 86 valence electrons. The molecule has 1 aromatic heterocycles. The van der Waals surface area contributed by atoms with E-state index in [-0.39, 0.29) is 11.9 Å². The first-order valence-electron chi connectivity index (χ1n) is 5.26. The molecule has 0 spiro atoms. The molecule has 16 heavy (non-hydrogen) atoms. The highest BCUT2D eigenvalue weighted by Crippen LogP contribution is 2.09. The second-order valence-electron chi connectivity index (χ2n) is 3.76. The molecule has 0 aliphatic carbocycles. The third kappa shape index (κ3) is 2.74. The number of aryl methyl sites for hydroxylation is 1. The molecule has 0 saturated carbocycles. The van der Waals surface area contributed by atoms with Crippen molar-refractivity contribution < 1.29 is 4.79 Å². The second kappa shape index (κ2) is 5.32. The van der Waals surface area contributed by atoms with Gasteiger partial charge in [0.2, 0.25) is 5.91 Å². The lowest BCUT2D eigenvalue weighted by Crippen LogP contribution is -2.41. The van der Waals surface area contributed by atoms with Crippen molar-refractivity contribution in [2.75, 3.05) is 11.6 Å². The molecular weight excluding hydrogens is 222 g/mol. The van der Waals surface area contributed by atoms with E-state index >= 15 is 0 Å². The summed E-state index contributed by atoms with van der Waals surface area (Å²) in [7, 11) is 0. The van der Waals surface area contributed by atoms with Crippen LogP contribution in [0.3, 0.4) is 0 Å². The van der Waals surface area contributed by atoms with Crippen LogP contribution in [0.2, 0.25) is 0 Å². The van der Waals surface area contributed by atoms with Crippen molar-refractivity contribution in [1.82, 2.24) is 15.6 Å². The molecule has 1 aliphatic heterocycles. The van der Waals surface area contributed by atoms with Crippen LogP contribution in [0.1, 0.15) is 11.3 Å². The lowest BCUT2D eigenvalue weighted by molar-refractivity contribution is -0.122. The van der Waals surface area contributed by atoms with E-state index in [1.165, 1.54) is 0 Å². The molecule has 0 radical (unpaired) electrons. The maximum absolute atomic E-state index is 11.7. The van der Waals surface area contributed by atoms with Crippen molar-refractivity contribution in [3.8, 4) is 0 Å². The Morgan fingerprint density at radius 3 is 3.31 bits per heavy atom. The first-order valence-corrected chi connectivity index (χ1v) is 6.42. The van der Waals surface area contributed by atoms with Crippen LogP contribution in [-0.4, -0.2) is 28.6 Å². The molecule has 2 heterocycles. The number of nitrogens with one attached hydrogen (secondary N) is 2. The van der Waals surface area contributed by atoms with E-state index < -0.39 is 0 Å². The standard InChI is InChI=1S/C11H15N3OS/c1-8-3-2-4-12-9(8)5-13-11(15)10-6-16-7-14-10/h2-4,10,14H,5-7H2,1H3,(H,13,15). The van der Waals surface area contributed by atoms with Crippen LogP contribution in [0, 0.1) is 6.92 Å². The number of carbonyl (C=O) groups excluding carboxylic acids is 1. The van der Waals surface area contributed by atoms with Crippen molar-refractivity contribution in [2.45, 2.75) is 19.5 Å². The molecule has 0 aromatic carbocycles. The number of aromatic nitrogens is 1. The third-order valence-electron chi connectivity index (χ3n) is 2.58. The summed E-state index contributed by atoms with van der Waals surface area (Å²) >= 11 is 1.75. The summed E-state index contributed by atoms with van der Waals surface area (Å²) < 4.78 is 0. The molecule has 1 fully saturated rings. The molecule has 5 heteroatoms. The minimum atomic E-state index is -0.0472. The normalized spacial score (nSPS) is 19.7. The van der Waals surface area contributed by atoms with Gasteiger partial charge in [-0.2, -0.15) is 0 Å². The van der Waals surface area contributed by atoms with E-state index in [0.717, 1.165) is 22.9 Å². The Morgan fingerprint density at radius 2 is 2.62 bits per heavy atom. The summed E-state index contributed by atoms with van der Waals surface area (Å²) in [6, 6.07) is 3.85. The average molecular weight is 237 g/mol. The first kappa shape index (κ1) is 11.4. The Bertz CT molecular complexity index is 377. The number of carbonyl (C=O) groups is 1. The fourth-order valence-corrected chi connectivity index (χ4v) is 2.50. The lowest BCUT2D eigenvalue weighted by Gasteiger charge is -2.10. The van der Waals surface area contributed by atoms with Crippen LogP contribution in [0.5, 0.6) is 0 Å². The van der Waals surface area contributed by atoms with E-state index in [9.17, 15) is 4.79 Å². The molecule has 1 unspecified atom stereocenters. The minimum absolute atomic E-state index is 0.0472. The van der Waals surface area contributed by atoms with Crippen molar-refractivity contribution in [3.63, 3.8) is 0 Å². The fourth-order valence-electron chi connectivity index (χ4n) is 1.56. The summed E-state index contributed by atoms with van der Waals surface area (Å²) in [5.41, 5.74) is 2.04. The van der Waals surface area contributed by atoms with Gasteiger partial charge in [0, 0.05) is 17.8 Å². The fraction of sp³-hybridized carbons (Fsp3) is 0.455. The quantitative estimate of drug-likeness (QED) is 0.811. The van der Waals surface area contributed by atoms with Crippen molar-refractivity contribution in [2.24, 2.45) is 0 Å². The Balaban J connectivity index is 1.87. The monoisotopic (exact) mass is 237 g/mol. The highest BCUT2D eigenvalue weighted by molar-refractivity contribution is 7.99. The maximum atomic E-state index is 11.7. The zero-order valence-corrected chi connectivity index (χ0v) is 10.0. The van der Waals surface area contributed by atoms with Crippen LogP contribution in [0.25, 0.3) is 0 Å². The molecule has 1 atom stereocenters. The molecular formula is C11H15N3OS. The number of rotatable bonds is 3. The number of thioether (sulfide) groups is 1. The largest absolute Gasteiger partial charge is 0.349 e. The number of amides is 1. The van der Waals surface area contributed by atoms with Crippen molar-refractivity contribution in [3.05, 3.63) is 29.6 Å². The maximum Gasteiger partial charge on any atom is 0.238 e. The molecule has 1 amide bonds. The van der Waals surface area contributed by atoms with Gasteiger partial charge in [-0.1, -0.05) is 6.07 Å². The van der Waals surface area contributed by atoms with Crippen molar-refractivity contribution >= 4 is 17.7 Å². The summed E-state index contributed by atoms with van der Waals surface area (Å²) in [6.07, 6.45) is 1.75. The Kier molecular flexibility index (Phi) is 3.79. The van der Waals surface area contributed by atoms with Gasteiger partial charge in [0.25, 0.3) is 0 Å². The van der Waals surface area contributed by atoms with E-state index in [1.807, 2.05) is 19.1 Å². The molecule has 1 aliphatic rings.